The Morgan fingerprint density at radius 2 is 2.16 bits per heavy atom. The summed E-state index contributed by atoms with van der Waals surface area (Å²) in [5.74, 6) is 2.82. The quantitative estimate of drug-likeness (QED) is 0.618. The van der Waals surface area contributed by atoms with E-state index in [1.54, 1.807) is 0 Å². The third-order valence-corrected chi connectivity index (χ3v) is 7.00. The number of carbonyl (C=O) groups is 1. The predicted octanol–water partition coefficient (Wildman–Crippen LogP) is 3.73. The number of rotatable bonds is 4. The number of hydrogen-bond acceptors (Lipinski definition) is 1. The van der Waals surface area contributed by atoms with Crippen molar-refractivity contribution in [3.05, 3.63) is 12.2 Å². The molecule has 0 spiro atoms. The second-order valence-corrected chi connectivity index (χ2v) is 7.41. The molecule has 7 atom stereocenters. The van der Waals surface area contributed by atoms with Crippen molar-refractivity contribution < 1.29 is 9.90 Å². The van der Waals surface area contributed by atoms with Crippen LogP contribution in [0.3, 0.4) is 0 Å². The van der Waals surface area contributed by atoms with Crippen molar-refractivity contribution >= 4 is 5.97 Å². The second kappa shape index (κ2) is 3.86. The first-order valence-corrected chi connectivity index (χ1v) is 8.09. The molecule has 4 bridgehead atoms. The van der Waals surface area contributed by atoms with E-state index in [1.807, 2.05) is 0 Å². The number of aliphatic carboxylic acids is 1. The average Bonchev–Trinajstić information content (AvgIpc) is 3.12. The first-order chi connectivity index (χ1) is 9.18. The minimum Gasteiger partial charge on any atom is -0.481 e. The standard InChI is InChI=1S/C17H24O2/c1-2-3-6-17-11-5-4-10(7-11)15(17)13-8-12(17)9-14(13)16(18)19/h4-5,10-15H,2-3,6-9H2,1H3,(H,18,19). The van der Waals surface area contributed by atoms with Crippen molar-refractivity contribution in [1.29, 1.82) is 0 Å². The van der Waals surface area contributed by atoms with Crippen LogP contribution in [0, 0.1) is 40.9 Å². The summed E-state index contributed by atoms with van der Waals surface area (Å²) in [6, 6.07) is 0. The van der Waals surface area contributed by atoms with Gasteiger partial charge in [-0.3, -0.25) is 4.79 Å². The van der Waals surface area contributed by atoms with Crippen LogP contribution in [0.2, 0.25) is 0 Å². The zero-order valence-electron chi connectivity index (χ0n) is 11.7. The maximum absolute atomic E-state index is 11.5. The van der Waals surface area contributed by atoms with Crippen molar-refractivity contribution in [3.8, 4) is 0 Å². The molecule has 0 aliphatic heterocycles. The van der Waals surface area contributed by atoms with Crippen LogP contribution in [-0.4, -0.2) is 11.1 Å². The molecule has 19 heavy (non-hydrogen) atoms. The zero-order valence-corrected chi connectivity index (χ0v) is 11.7. The van der Waals surface area contributed by atoms with Crippen LogP contribution in [0.1, 0.15) is 45.4 Å². The minimum absolute atomic E-state index is 0.0301. The molecule has 3 saturated carbocycles. The lowest BCUT2D eigenvalue weighted by Gasteiger charge is -2.47. The second-order valence-electron chi connectivity index (χ2n) is 7.41. The third kappa shape index (κ3) is 1.31. The molecule has 4 aliphatic carbocycles. The van der Waals surface area contributed by atoms with E-state index in [2.05, 4.69) is 19.1 Å². The van der Waals surface area contributed by atoms with Crippen LogP contribution in [0.5, 0.6) is 0 Å². The summed E-state index contributed by atoms with van der Waals surface area (Å²) in [6.45, 7) is 2.28. The van der Waals surface area contributed by atoms with E-state index >= 15 is 0 Å². The molecule has 0 heterocycles. The molecule has 0 aromatic carbocycles. The van der Waals surface area contributed by atoms with Gasteiger partial charge >= 0.3 is 5.97 Å². The Hall–Kier alpha value is -0.790. The van der Waals surface area contributed by atoms with E-state index in [-0.39, 0.29) is 5.92 Å². The first kappa shape index (κ1) is 12.0. The van der Waals surface area contributed by atoms with Gasteiger partial charge in [-0.05, 0) is 60.7 Å². The van der Waals surface area contributed by atoms with E-state index in [9.17, 15) is 9.90 Å². The number of unbranched alkanes of at least 4 members (excludes halogenated alkanes) is 1. The van der Waals surface area contributed by atoms with Crippen LogP contribution in [0.15, 0.2) is 12.2 Å². The fourth-order valence-corrected chi connectivity index (χ4v) is 6.56. The summed E-state index contributed by atoms with van der Waals surface area (Å²) in [4.78, 5) is 11.5. The first-order valence-electron chi connectivity index (χ1n) is 8.09. The summed E-state index contributed by atoms with van der Waals surface area (Å²) in [5, 5.41) is 9.47. The molecule has 1 N–H and O–H groups in total. The molecule has 2 nitrogen and oxygen atoms in total. The monoisotopic (exact) mass is 260 g/mol. The lowest BCUT2D eigenvalue weighted by atomic mass is 9.57. The molecular weight excluding hydrogens is 236 g/mol. The molecule has 0 aromatic rings. The molecule has 0 saturated heterocycles. The molecular formula is C17H24O2. The maximum atomic E-state index is 11.5. The number of hydrogen-bond donors (Lipinski definition) is 1. The van der Waals surface area contributed by atoms with Crippen molar-refractivity contribution in [3.63, 3.8) is 0 Å². The van der Waals surface area contributed by atoms with E-state index < -0.39 is 5.97 Å². The largest absolute Gasteiger partial charge is 0.481 e. The molecule has 0 radical (unpaired) electrons. The Labute approximate surface area is 115 Å². The Balaban J connectivity index is 1.70. The van der Waals surface area contributed by atoms with Gasteiger partial charge in [-0.2, -0.15) is 0 Å². The Kier molecular flexibility index (Phi) is 2.44. The molecule has 104 valence electrons. The predicted molar refractivity (Wildman–Crippen MR) is 73.5 cm³/mol. The van der Waals surface area contributed by atoms with Crippen LogP contribution >= 0.6 is 0 Å². The van der Waals surface area contributed by atoms with E-state index in [1.165, 1.54) is 32.1 Å². The third-order valence-electron chi connectivity index (χ3n) is 7.00. The molecule has 0 aromatic heterocycles. The van der Waals surface area contributed by atoms with Gasteiger partial charge in [-0.1, -0.05) is 31.9 Å². The summed E-state index contributed by atoms with van der Waals surface area (Å²) in [7, 11) is 0. The van der Waals surface area contributed by atoms with Gasteiger partial charge in [0.2, 0.25) is 0 Å². The fourth-order valence-electron chi connectivity index (χ4n) is 6.56. The van der Waals surface area contributed by atoms with Crippen LogP contribution in [0.4, 0.5) is 0 Å². The van der Waals surface area contributed by atoms with Crippen molar-refractivity contribution in [2.75, 3.05) is 0 Å². The summed E-state index contributed by atoms with van der Waals surface area (Å²) >= 11 is 0. The minimum atomic E-state index is -0.525. The summed E-state index contributed by atoms with van der Waals surface area (Å²) in [6.07, 6.45) is 12.4. The molecule has 4 rings (SSSR count). The maximum Gasteiger partial charge on any atom is 0.306 e. The molecule has 3 fully saturated rings. The van der Waals surface area contributed by atoms with Gasteiger partial charge in [0.15, 0.2) is 0 Å². The Morgan fingerprint density at radius 1 is 1.32 bits per heavy atom. The van der Waals surface area contributed by atoms with Gasteiger partial charge in [-0.15, -0.1) is 0 Å². The summed E-state index contributed by atoms with van der Waals surface area (Å²) in [5.41, 5.74) is 0.506. The number of allylic oxidation sites excluding steroid dienone is 2. The van der Waals surface area contributed by atoms with Gasteiger partial charge in [0, 0.05) is 0 Å². The van der Waals surface area contributed by atoms with Gasteiger partial charge in [0.25, 0.3) is 0 Å². The highest BCUT2D eigenvalue weighted by molar-refractivity contribution is 5.71. The average molecular weight is 260 g/mol. The van der Waals surface area contributed by atoms with Crippen LogP contribution in [-0.2, 0) is 4.79 Å². The highest BCUT2D eigenvalue weighted by Crippen LogP contribution is 2.75. The highest BCUT2D eigenvalue weighted by atomic mass is 16.4. The molecule has 7 unspecified atom stereocenters. The van der Waals surface area contributed by atoms with Gasteiger partial charge in [-0.25, -0.2) is 0 Å². The number of fused-ring (bicyclic) bond motifs is 9. The summed E-state index contributed by atoms with van der Waals surface area (Å²) < 4.78 is 0. The van der Waals surface area contributed by atoms with E-state index in [0.29, 0.717) is 29.1 Å². The van der Waals surface area contributed by atoms with Gasteiger partial charge in [0.05, 0.1) is 5.92 Å². The normalized spacial score (nSPS) is 52.9. The molecule has 0 amide bonds. The van der Waals surface area contributed by atoms with Crippen LogP contribution < -0.4 is 0 Å². The molecule has 4 aliphatic rings. The van der Waals surface area contributed by atoms with E-state index in [0.717, 1.165) is 12.3 Å². The zero-order chi connectivity index (χ0) is 13.2. The lowest BCUT2D eigenvalue weighted by molar-refractivity contribution is -0.146. The molecule has 2 heteroatoms. The number of carboxylic acids is 1. The Bertz CT molecular complexity index is 441. The Morgan fingerprint density at radius 3 is 2.89 bits per heavy atom. The number of carboxylic acid groups (broad SMARTS) is 1. The van der Waals surface area contributed by atoms with Gasteiger partial charge in [0.1, 0.15) is 0 Å². The smallest absolute Gasteiger partial charge is 0.306 e. The van der Waals surface area contributed by atoms with Gasteiger partial charge < -0.3 is 5.11 Å². The van der Waals surface area contributed by atoms with Crippen molar-refractivity contribution in [2.45, 2.75) is 45.4 Å². The SMILES string of the molecule is CCCCC12C3C=CC(C3)C1C1CC2CC1C(=O)O. The topological polar surface area (TPSA) is 37.3 Å². The van der Waals surface area contributed by atoms with Crippen molar-refractivity contribution in [2.24, 2.45) is 40.9 Å². The van der Waals surface area contributed by atoms with Crippen LogP contribution in [0.25, 0.3) is 0 Å². The van der Waals surface area contributed by atoms with E-state index in [4.69, 9.17) is 0 Å². The fraction of sp³-hybridized carbons (Fsp3) is 0.824. The lowest BCUT2D eigenvalue weighted by Crippen LogP contribution is -2.43. The highest BCUT2D eigenvalue weighted by Gasteiger charge is 2.69. The van der Waals surface area contributed by atoms with Crippen molar-refractivity contribution in [1.82, 2.24) is 0 Å².